The average Bonchev–Trinajstić information content (AvgIpc) is 2.85. The first kappa shape index (κ1) is 11.8. The van der Waals surface area contributed by atoms with Gasteiger partial charge in [0.25, 0.3) is 5.91 Å². The summed E-state index contributed by atoms with van der Waals surface area (Å²) in [5.41, 5.74) is 3.78. The molecule has 2 heterocycles. The summed E-state index contributed by atoms with van der Waals surface area (Å²) in [6.45, 7) is 0.992. The molecule has 0 fully saturated rings. The van der Waals surface area contributed by atoms with E-state index in [0.29, 0.717) is 5.69 Å². The molecule has 98 valence electrons. The first-order valence-corrected chi connectivity index (χ1v) is 6.38. The van der Waals surface area contributed by atoms with Crippen molar-refractivity contribution in [1.82, 2.24) is 9.55 Å². The van der Waals surface area contributed by atoms with E-state index in [1.165, 1.54) is 5.56 Å². The Morgan fingerprint density at radius 1 is 1.47 bits per heavy atom. The number of aromatic nitrogens is 2. The van der Waals surface area contributed by atoms with E-state index < -0.39 is 0 Å². The molecule has 19 heavy (non-hydrogen) atoms. The number of nitrogens with zero attached hydrogens (tertiary/aromatic N) is 2. The van der Waals surface area contributed by atoms with Gasteiger partial charge in [-0.25, -0.2) is 4.98 Å². The number of benzene rings is 1. The molecule has 1 aromatic carbocycles. The van der Waals surface area contributed by atoms with Gasteiger partial charge in [-0.15, -0.1) is 0 Å². The van der Waals surface area contributed by atoms with E-state index in [4.69, 9.17) is 0 Å². The Morgan fingerprint density at radius 2 is 2.37 bits per heavy atom. The molecule has 0 saturated heterocycles. The molecule has 2 aromatic rings. The van der Waals surface area contributed by atoms with E-state index in [0.717, 1.165) is 30.8 Å². The van der Waals surface area contributed by atoms with E-state index >= 15 is 0 Å². The molecule has 0 atom stereocenters. The SMILES string of the molecule is Cn1cncc1C(=O)Nc1ccc2c(c1)NCCC2. The molecular formula is C14H16N4O. The summed E-state index contributed by atoms with van der Waals surface area (Å²) < 4.78 is 1.70. The van der Waals surface area contributed by atoms with Crippen molar-refractivity contribution >= 4 is 17.3 Å². The molecule has 1 aromatic heterocycles. The second kappa shape index (κ2) is 4.76. The Hall–Kier alpha value is -2.30. The summed E-state index contributed by atoms with van der Waals surface area (Å²) in [7, 11) is 1.80. The van der Waals surface area contributed by atoms with Crippen LogP contribution in [0.25, 0.3) is 0 Å². The van der Waals surface area contributed by atoms with Gasteiger partial charge < -0.3 is 15.2 Å². The first-order chi connectivity index (χ1) is 9.24. The molecule has 0 unspecified atom stereocenters. The quantitative estimate of drug-likeness (QED) is 0.864. The second-order valence-corrected chi connectivity index (χ2v) is 4.75. The van der Waals surface area contributed by atoms with Crippen molar-refractivity contribution in [3.05, 3.63) is 42.0 Å². The van der Waals surface area contributed by atoms with Crippen LogP contribution in [0.5, 0.6) is 0 Å². The minimum absolute atomic E-state index is 0.143. The summed E-state index contributed by atoms with van der Waals surface area (Å²) >= 11 is 0. The van der Waals surface area contributed by atoms with Gasteiger partial charge in [0, 0.05) is 25.0 Å². The summed E-state index contributed by atoms with van der Waals surface area (Å²) in [6.07, 6.45) is 5.43. The van der Waals surface area contributed by atoms with E-state index in [-0.39, 0.29) is 5.91 Å². The van der Waals surface area contributed by atoms with Gasteiger partial charge >= 0.3 is 0 Å². The Bertz CT molecular complexity index is 618. The number of aryl methyl sites for hydroxylation is 2. The van der Waals surface area contributed by atoms with Crippen LogP contribution < -0.4 is 10.6 Å². The number of rotatable bonds is 2. The highest BCUT2D eigenvalue weighted by Gasteiger charge is 2.12. The van der Waals surface area contributed by atoms with Crippen molar-refractivity contribution in [2.24, 2.45) is 7.05 Å². The molecule has 0 radical (unpaired) electrons. The summed E-state index contributed by atoms with van der Waals surface area (Å²) in [5.74, 6) is -0.143. The summed E-state index contributed by atoms with van der Waals surface area (Å²) in [6, 6.07) is 6.00. The molecule has 0 saturated carbocycles. The molecule has 1 amide bonds. The maximum absolute atomic E-state index is 12.1. The third-order valence-corrected chi connectivity index (χ3v) is 3.36. The van der Waals surface area contributed by atoms with Crippen molar-refractivity contribution in [1.29, 1.82) is 0 Å². The predicted molar refractivity (Wildman–Crippen MR) is 74.4 cm³/mol. The lowest BCUT2D eigenvalue weighted by Crippen LogP contribution is -2.16. The maximum atomic E-state index is 12.1. The van der Waals surface area contributed by atoms with Crippen molar-refractivity contribution in [2.75, 3.05) is 17.2 Å². The highest BCUT2D eigenvalue weighted by atomic mass is 16.1. The number of hydrogen-bond acceptors (Lipinski definition) is 3. The highest BCUT2D eigenvalue weighted by Crippen LogP contribution is 2.25. The zero-order valence-corrected chi connectivity index (χ0v) is 10.8. The minimum Gasteiger partial charge on any atom is -0.385 e. The number of carbonyl (C=O) groups excluding carboxylic acids is 1. The first-order valence-electron chi connectivity index (χ1n) is 6.38. The average molecular weight is 256 g/mol. The van der Waals surface area contributed by atoms with Gasteiger partial charge in [0.2, 0.25) is 0 Å². The molecule has 0 spiro atoms. The smallest absolute Gasteiger partial charge is 0.273 e. The van der Waals surface area contributed by atoms with Gasteiger partial charge in [-0.2, -0.15) is 0 Å². The van der Waals surface area contributed by atoms with Gasteiger partial charge in [0.1, 0.15) is 5.69 Å². The monoisotopic (exact) mass is 256 g/mol. The number of hydrogen-bond donors (Lipinski definition) is 2. The van der Waals surface area contributed by atoms with Gasteiger partial charge in [0.05, 0.1) is 12.5 Å². The Morgan fingerprint density at radius 3 is 3.16 bits per heavy atom. The Balaban J connectivity index is 1.80. The van der Waals surface area contributed by atoms with Crippen LogP contribution in [-0.4, -0.2) is 22.0 Å². The normalized spacial score (nSPS) is 13.5. The Labute approximate surface area is 111 Å². The highest BCUT2D eigenvalue weighted by molar-refractivity contribution is 6.03. The molecule has 1 aliphatic rings. The molecule has 1 aliphatic heterocycles. The molecule has 5 heteroatoms. The molecule has 3 rings (SSSR count). The summed E-state index contributed by atoms with van der Waals surface area (Å²) in [4.78, 5) is 16.0. The van der Waals surface area contributed by atoms with Crippen LogP contribution in [0.1, 0.15) is 22.5 Å². The fourth-order valence-electron chi connectivity index (χ4n) is 2.31. The largest absolute Gasteiger partial charge is 0.385 e. The topological polar surface area (TPSA) is 59.0 Å². The lowest BCUT2D eigenvalue weighted by Gasteiger charge is -2.18. The molecule has 0 aliphatic carbocycles. The predicted octanol–water partition coefficient (Wildman–Crippen LogP) is 2.03. The zero-order valence-electron chi connectivity index (χ0n) is 10.8. The molecular weight excluding hydrogens is 240 g/mol. The molecule has 2 N–H and O–H groups in total. The fourth-order valence-corrected chi connectivity index (χ4v) is 2.31. The van der Waals surface area contributed by atoms with Gasteiger partial charge in [-0.3, -0.25) is 4.79 Å². The number of imidazole rings is 1. The van der Waals surface area contributed by atoms with E-state index in [1.54, 1.807) is 24.1 Å². The van der Waals surface area contributed by atoms with Crippen LogP contribution >= 0.6 is 0 Å². The Kier molecular flexibility index (Phi) is 2.95. The third-order valence-electron chi connectivity index (χ3n) is 3.36. The van der Waals surface area contributed by atoms with Gasteiger partial charge in [0.15, 0.2) is 0 Å². The van der Waals surface area contributed by atoms with Crippen molar-refractivity contribution in [2.45, 2.75) is 12.8 Å². The molecule has 0 bridgehead atoms. The number of amides is 1. The van der Waals surface area contributed by atoms with E-state index in [9.17, 15) is 4.79 Å². The van der Waals surface area contributed by atoms with Gasteiger partial charge in [-0.1, -0.05) is 6.07 Å². The van der Waals surface area contributed by atoms with E-state index in [1.807, 2.05) is 12.1 Å². The minimum atomic E-state index is -0.143. The lowest BCUT2D eigenvalue weighted by atomic mass is 10.0. The number of anilines is 2. The van der Waals surface area contributed by atoms with Crippen LogP contribution in [0, 0.1) is 0 Å². The third kappa shape index (κ3) is 2.31. The standard InChI is InChI=1S/C14H16N4O/c1-18-9-15-8-13(18)14(19)17-11-5-4-10-3-2-6-16-12(10)7-11/h4-5,7-9,16H,2-3,6H2,1H3,(H,17,19). The lowest BCUT2D eigenvalue weighted by molar-refractivity contribution is 0.101. The van der Waals surface area contributed by atoms with Gasteiger partial charge in [-0.05, 0) is 30.5 Å². The number of carbonyl (C=O) groups is 1. The zero-order chi connectivity index (χ0) is 13.2. The van der Waals surface area contributed by atoms with Crippen molar-refractivity contribution in [3.8, 4) is 0 Å². The van der Waals surface area contributed by atoms with Crippen LogP contribution in [0.2, 0.25) is 0 Å². The fraction of sp³-hybridized carbons (Fsp3) is 0.286. The van der Waals surface area contributed by atoms with E-state index in [2.05, 4.69) is 21.7 Å². The second-order valence-electron chi connectivity index (χ2n) is 4.75. The summed E-state index contributed by atoms with van der Waals surface area (Å²) in [5, 5.41) is 6.25. The van der Waals surface area contributed by atoms with Crippen molar-refractivity contribution < 1.29 is 4.79 Å². The number of nitrogens with one attached hydrogen (secondary N) is 2. The van der Waals surface area contributed by atoms with Crippen LogP contribution in [0.3, 0.4) is 0 Å². The van der Waals surface area contributed by atoms with Crippen molar-refractivity contribution in [3.63, 3.8) is 0 Å². The van der Waals surface area contributed by atoms with Crippen LogP contribution in [-0.2, 0) is 13.5 Å². The maximum Gasteiger partial charge on any atom is 0.273 e. The number of fused-ring (bicyclic) bond motifs is 1. The molecule has 5 nitrogen and oxygen atoms in total. The van der Waals surface area contributed by atoms with Crippen LogP contribution in [0.15, 0.2) is 30.7 Å². The van der Waals surface area contributed by atoms with Crippen LogP contribution in [0.4, 0.5) is 11.4 Å².